The van der Waals surface area contributed by atoms with Gasteiger partial charge in [0.2, 0.25) is 0 Å². The fraction of sp³-hybridized carbons (Fsp3) is 0.750. The quantitative estimate of drug-likeness (QED) is 0.645. The Morgan fingerprint density at radius 3 is 3.09 bits per heavy atom. The first-order chi connectivity index (χ1) is 10.4. The molecule has 2 rings (SSSR count). The van der Waals surface area contributed by atoms with E-state index in [4.69, 9.17) is 0 Å². The molecule has 6 heteroatoms. The van der Waals surface area contributed by atoms with Gasteiger partial charge in [-0.3, -0.25) is 5.10 Å². The first-order valence-corrected chi connectivity index (χ1v) is 8.13. The number of urea groups is 1. The summed E-state index contributed by atoms with van der Waals surface area (Å²) in [6, 6.07) is -0.0764. The van der Waals surface area contributed by atoms with Crippen molar-refractivity contribution < 1.29 is 9.90 Å². The highest BCUT2D eigenvalue weighted by Gasteiger charge is 2.24. The maximum atomic E-state index is 12.0. The van der Waals surface area contributed by atoms with Crippen molar-refractivity contribution in [3.8, 4) is 0 Å². The van der Waals surface area contributed by atoms with Crippen molar-refractivity contribution >= 4 is 6.03 Å². The predicted molar refractivity (Wildman–Crippen MR) is 85.6 cm³/mol. The van der Waals surface area contributed by atoms with Crippen LogP contribution in [0.3, 0.4) is 0 Å². The van der Waals surface area contributed by atoms with E-state index in [1.807, 2.05) is 6.20 Å². The summed E-state index contributed by atoms with van der Waals surface area (Å²) < 4.78 is 0. The molecule has 6 nitrogen and oxygen atoms in total. The van der Waals surface area contributed by atoms with E-state index in [-0.39, 0.29) is 18.6 Å². The van der Waals surface area contributed by atoms with E-state index < -0.39 is 5.60 Å². The summed E-state index contributed by atoms with van der Waals surface area (Å²) in [4.78, 5) is 12.0. The normalized spacial score (nSPS) is 20.3. The molecule has 2 amide bonds. The third-order valence-corrected chi connectivity index (χ3v) is 4.24. The lowest BCUT2D eigenvalue weighted by molar-refractivity contribution is 0.0475. The minimum Gasteiger partial charge on any atom is -0.388 e. The number of carbonyl (C=O) groups excluding carboxylic acids is 1. The third-order valence-electron chi connectivity index (χ3n) is 4.24. The van der Waals surface area contributed by atoms with Crippen LogP contribution in [-0.4, -0.2) is 39.5 Å². The second-order valence-electron chi connectivity index (χ2n) is 7.07. The summed E-state index contributed by atoms with van der Waals surface area (Å²) in [5.74, 6) is 0.548. The van der Waals surface area contributed by atoms with Crippen molar-refractivity contribution in [2.45, 2.75) is 64.5 Å². The van der Waals surface area contributed by atoms with Crippen LogP contribution in [0.1, 0.15) is 51.3 Å². The van der Waals surface area contributed by atoms with Gasteiger partial charge < -0.3 is 15.7 Å². The van der Waals surface area contributed by atoms with E-state index >= 15 is 0 Å². The zero-order valence-corrected chi connectivity index (χ0v) is 13.8. The van der Waals surface area contributed by atoms with Crippen LogP contribution in [0.5, 0.6) is 0 Å². The molecule has 0 saturated carbocycles. The summed E-state index contributed by atoms with van der Waals surface area (Å²) in [5, 5.41) is 23.1. The highest BCUT2D eigenvalue weighted by Crippen LogP contribution is 2.19. The molecule has 0 bridgehead atoms. The van der Waals surface area contributed by atoms with Gasteiger partial charge in [-0.1, -0.05) is 13.8 Å². The number of rotatable bonds is 6. The Labute approximate surface area is 132 Å². The van der Waals surface area contributed by atoms with Gasteiger partial charge in [0.05, 0.1) is 11.8 Å². The largest absolute Gasteiger partial charge is 0.388 e. The smallest absolute Gasteiger partial charge is 0.315 e. The molecule has 2 atom stereocenters. The van der Waals surface area contributed by atoms with Crippen molar-refractivity contribution in [1.82, 2.24) is 20.8 Å². The van der Waals surface area contributed by atoms with E-state index in [9.17, 15) is 9.90 Å². The lowest BCUT2D eigenvalue weighted by Gasteiger charge is -2.26. The Morgan fingerprint density at radius 1 is 1.59 bits per heavy atom. The van der Waals surface area contributed by atoms with Gasteiger partial charge in [0, 0.05) is 18.3 Å². The van der Waals surface area contributed by atoms with Crippen LogP contribution in [0, 0.1) is 5.92 Å². The first kappa shape index (κ1) is 16.8. The molecule has 124 valence electrons. The topological polar surface area (TPSA) is 90.0 Å². The van der Waals surface area contributed by atoms with Gasteiger partial charge in [-0.2, -0.15) is 5.10 Å². The molecule has 1 aromatic heterocycles. The molecule has 0 radical (unpaired) electrons. The maximum Gasteiger partial charge on any atom is 0.315 e. The zero-order chi connectivity index (χ0) is 16.2. The number of aryl methyl sites for hydroxylation is 1. The van der Waals surface area contributed by atoms with Gasteiger partial charge in [-0.25, -0.2) is 4.79 Å². The van der Waals surface area contributed by atoms with Crippen LogP contribution < -0.4 is 10.6 Å². The molecule has 22 heavy (non-hydrogen) atoms. The number of carbonyl (C=O) groups is 1. The van der Waals surface area contributed by atoms with Crippen molar-refractivity contribution in [3.63, 3.8) is 0 Å². The van der Waals surface area contributed by atoms with Gasteiger partial charge in [0.25, 0.3) is 0 Å². The number of hydrogen-bond acceptors (Lipinski definition) is 3. The Bertz CT molecular complexity index is 496. The number of amides is 2. The number of aliphatic hydroxyl groups is 1. The van der Waals surface area contributed by atoms with Crippen molar-refractivity contribution in [2.24, 2.45) is 5.92 Å². The molecule has 0 aliphatic heterocycles. The molecule has 0 fully saturated rings. The van der Waals surface area contributed by atoms with Crippen LogP contribution in [0.4, 0.5) is 4.79 Å². The molecular weight excluding hydrogens is 280 g/mol. The van der Waals surface area contributed by atoms with Gasteiger partial charge in [-0.05, 0) is 50.5 Å². The highest BCUT2D eigenvalue weighted by atomic mass is 16.3. The molecular formula is C16H28N4O2. The lowest BCUT2D eigenvalue weighted by Crippen LogP contribution is -2.49. The Hall–Kier alpha value is -1.56. The summed E-state index contributed by atoms with van der Waals surface area (Å²) in [5.41, 5.74) is 1.50. The number of fused-ring (bicyclic) bond motifs is 1. The standard InChI is InChI=1S/C16H28N4O2/c1-11(2)6-7-16(3,22)10-17-15(21)19-13-4-5-14-12(8-13)9-18-20-14/h9,11,13,22H,4-8,10H2,1-3H3,(H,18,20)(H2,17,19,21). The average Bonchev–Trinajstić information content (AvgIpc) is 2.91. The summed E-state index contributed by atoms with van der Waals surface area (Å²) in [6.07, 6.45) is 6.09. The summed E-state index contributed by atoms with van der Waals surface area (Å²) >= 11 is 0. The highest BCUT2D eigenvalue weighted by molar-refractivity contribution is 5.74. The second kappa shape index (κ2) is 7.13. The van der Waals surface area contributed by atoms with E-state index in [1.165, 1.54) is 11.3 Å². The van der Waals surface area contributed by atoms with Crippen molar-refractivity contribution in [3.05, 3.63) is 17.5 Å². The zero-order valence-electron chi connectivity index (χ0n) is 13.8. The minimum atomic E-state index is -0.855. The van der Waals surface area contributed by atoms with E-state index in [0.29, 0.717) is 12.3 Å². The van der Waals surface area contributed by atoms with Crippen LogP contribution >= 0.6 is 0 Å². The SMILES string of the molecule is CC(C)CCC(C)(O)CNC(=O)NC1CCc2[nH]ncc2C1. The third kappa shape index (κ3) is 5.02. The van der Waals surface area contributed by atoms with Crippen molar-refractivity contribution in [1.29, 1.82) is 0 Å². The van der Waals surface area contributed by atoms with Gasteiger partial charge in [-0.15, -0.1) is 0 Å². The maximum absolute atomic E-state index is 12.0. The molecule has 0 aromatic carbocycles. The minimum absolute atomic E-state index is 0.130. The Morgan fingerprint density at radius 2 is 2.36 bits per heavy atom. The van der Waals surface area contributed by atoms with Crippen LogP contribution in [0.2, 0.25) is 0 Å². The van der Waals surface area contributed by atoms with E-state index in [2.05, 4.69) is 34.7 Å². The number of hydrogen-bond donors (Lipinski definition) is 4. The van der Waals surface area contributed by atoms with Gasteiger partial charge in [0.15, 0.2) is 0 Å². The number of nitrogens with one attached hydrogen (secondary N) is 3. The number of aromatic nitrogens is 2. The number of H-pyrrole nitrogens is 1. The molecule has 1 heterocycles. The lowest BCUT2D eigenvalue weighted by atomic mass is 9.93. The van der Waals surface area contributed by atoms with E-state index in [1.54, 1.807) is 6.92 Å². The van der Waals surface area contributed by atoms with E-state index in [0.717, 1.165) is 25.7 Å². The second-order valence-corrected chi connectivity index (χ2v) is 7.07. The molecule has 0 saturated heterocycles. The Kier molecular flexibility index (Phi) is 5.45. The van der Waals surface area contributed by atoms with Gasteiger partial charge >= 0.3 is 6.03 Å². The van der Waals surface area contributed by atoms with Gasteiger partial charge in [0.1, 0.15) is 0 Å². The Balaban J connectivity index is 1.72. The fourth-order valence-electron chi connectivity index (χ4n) is 2.73. The molecule has 0 spiro atoms. The number of aromatic amines is 1. The van der Waals surface area contributed by atoms with Crippen molar-refractivity contribution in [2.75, 3.05) is 6.54 Å². The van der Waals surface area contributed by atoms with Crippen LogP contribution in [0.25, 0.3) is 0 Å². The predicted octanol–water partition coefficient (Wildman–Crippen LogP) is 1.75. The molecule has 2 unspecified atom stereocenters. The van der Waals surface area contributed by atoms with Crippen LogP contribution in [0.15, 0.2) is 6.20 Å². The number of nitrogens with zero attached hydrogens (tertiary/aromatic N) is 1. The summed E-state index contributed by atoms with van der Waals surface area (Å²) in [6.45, 7) is 6.30. The monoisotopic (exact) mass is 308 g/mol. The first-order valence-electron chi connectivity index (χ1n) is 8.13. The average molecular weight is 308 g/mol. The molecule has 1 aromatic rings. The van der Waals surface area contributed by atoms with Crippen LogP contribution in [-0.2, 0) is 12.8 Å². The molecule has 1 aliphatic rings. The molecule has 4 N–H and O–H groups in total. The fourth-order valence-corrected chi connectivity index (χ4v) is 2.73. The molecule has 1 aliphatic carbocycles. The summed E-state index contributed by atoms with van der Waals surface area (Å²) in [7, 11) is 0.